The largest absolute Gasteiger partial charge is 0.417 e. The first-order chi connectivity index (χ1) is 7.11. The number of halogens is 1. The van der Waals surface area contributed by atoms with E-state index in [4.69, 9.17) is 21.8 Å². The van der Waals surface area contributed by atoms with Gasteiger partial charge >= 0.3 is 5.76 Å². The molecule has 0 saturated heterocycles. The zero-order chi connectivity index (χ0) is 11.0. The van der Waals surface area contributed by atoms with E-state index in [1.165, 1.54) is 6.07 Å². The van der Waals surface area contributed by atoms with Crippen LogP contribution in [0.1, 0.15) is 11.7 Å². The summed E-state index contributed by atoms with van der Waals surface area (Å²) in [5.41, 5.74) is 6.49. The maximum atomic E-state index is 11.0. The quantitative estimate of drug-likeness (QED) is 0.708. The number of aliphatic hydroxyl groups is 1. The summed E-state index contributed by atoms with van der Waals surface area (Å²) in [6.07, 6.45) is -0.898. The second kappa shape index (κ2) is 3.69. The highest BCUT2D eigenvalue weighted by molar-refractivity contribution is 6.31. The third-order valence-electron chi connectivity index (χ3n) is 2.10. The average Bonchev–Trinajstić information content (AvgIpc) is 2.55. The van der Waals surface area contributed by atoms with Crippen molar-refractivity contribution in [3.05, 3.63) is 33.3 Å². The van der Waals surface area contributed by atoms with Crippen LogP contribution >= 0.6 is 11.6 Å². The van der Waals surface area contributed by atoms with Crippen LogP contribution in [0.3, 0.4) is 0 Å². The summed E-state index contributed by atoms with van der Waals surface area (Å²) in [6.45, 7) is 0.0321. The summed E-state index contributed by atoms with van der Waals surface area (Å²) in [6, 6.07) is 3.08. The Bertz CT molecular complexity index is 546. The molecule has 0 aliphatic heterocycles. The van der Waals surface area contributed by atoms with Gasteiger partial charge in [-0.2, -0.15) is 0 Å². The Balaban J connectivity index is 2.75. The number of nitrogens with one attached hydrogen (secondary N) is 1. The van der Waals surface area contributed by atoms with Crippen molar-refractivity contribution in [2.75, 3.05) is 6.54 Å². The number of aromatic amines is 1. The highest BCUT2D eigenvalue weighted by atomic mass is 35.5. The van der Waals surface area contributed by atoms with Gasteiger partial charge in [-0.15, -0.1) is 0 Å². The lowest BCUT2D eigenvalue weighted by Gasteiger charge is -2.08. The van der Waals surface area contributed by atoms with E-state index in [0.29, 0.717) is 21.7 Å². The van der Waals surface area contributed by atoms with Crippen molar-refractivity contribution in [1.82, 2.24) is 4.98 Å². The van der Waals surface area contributed by atoms with Gasteiger partial charge in [0, 0.05) is 17.1 Å². The Labute approximate surface area is 89.5 Å². The topological polar surface area (TPSA) is 92.2 Å². The zero-order valence-electron chi connectivity index (χ0n) is 7.66. The molecule has 0 spiro atoms. The number of benzene rings is 1. The van der Waals surface area contributed by atoms with Gasteiger partial charge in [-0.05, 0) is 12.1 Å². The van der Waals surface area contributed by atoms with Crippen molar-refractivity contribution in [2.45, 2.75) is 6.10 Å². The van der Waals surface area contributed by atoms with Gasteiger partial charge in [-0.25, -0.2) is 4.79 Å². The van der Waals surface area contributed by atoms with Crippen LogP contribution in [0.15, 0.2) is 21.3 Å². The molecule has 0 saturated carbocycles. The van der Waals surface area contributed by atoms with Gasteiger partial charge in [0.1, 0.15) is 0 Å². The first-order valence-electron chi connectivity index (χ1n) is 4.32. The molecule has 5 nitrogen and oxygen atoms in total. The lowest BCUT2D eigenvalue weighted by atomic mass is 10.1. The van der Waals surface area contributed by atoms with Crippen LogP contribution in [0.4, 0.5) is 0 Å². The third kappa shape index (κ3) is 1.77. The number of rotatable bonds is 2. The minimum Gasteiger partial charge on any atom is -0.407 e. The Morgan fingerprint density at radius 3 is 3.00 bits per heavy atom. The average molecular weight is 229 g/mol. The highest BCUT2D eigenvalue weighted by Crippen LogP contribution is 2.26. The van der Waals surface area contributed by atoms with E-state index in [2.05, 4.69) is 4.98 Å². The molecule has 1 unspecified atom stereocenters. The minimum atomic E-state index is -0.898. The van der Waals surface area contributed by atoms with E-state index in [-0.39, 0.29) is 6.54 Å². The van der Waals surface area contributed by atoms with Crippen LogP contribution in [-0.2, 0) is 0 Å². The number of oxazole rings is 1. The van der Waals surface area contributed by atoms with Gasteiger partial charge in [-0.1, -0.05) is 11.6 Å². The van der Waals surface area contributed by atoms with Gasteiger partial charge in [0.2, 0.25) is 0 Å². The first kappa shape index (κ1) is 10.2. The summed E-state index contributed by atoms with van der Waals surface area (Å²) in [5, 5.41) is 10.0. The Kier molecular flexibility index (Phi) is 2.52. The number of hydrogen-bond donors (Lipinski definition) is 3. The fraction of sp³-hybridized carbons (Fsp3) is 0.222. The molecule has 0 amide bonds. The van der Waals surface area contributed by atoms with Crippen molar-refractivity contribution in [3.8, 4) is 0 Å². The molecule has 80 valence electrons. The normalized spacial score (nSPS) is 13.3. The molecule has 0 aliphatic rings. The second-order valence-electron chi connectivity index (χ2n) is 3.14. The molecule has 2 rings (SSSR count). The van der Waals surface area contributed by atoms with Crippen molar-refractivity contribution in [1.29, 1.82) is 0 Å². The number of H-pyrrole nitrogens is 1. The maximum Gasteiger partial charge on any atom is 0.417 e. The molecule has 0 fully saturated rings. The lowest BCUT2D eigenvalue weighted by molar-refractivity contribution is 0.187. The minimum absolute atomic E-state index is 0.0321. The molecule has 1 aromatic heterocycles. The first-order valence-corrected chi connectivity index (χ1v) is 4.70. The Hall–Kier alpha value is -1.30. The summed E-state index contributed by atoms with van der Waals surface area (Å²) in [5.74, 6) is -0.585. The van der Waals surface area contributed by atoms with Crippen LogP contribution in [0.2, 0.25) is 5.02 Å². The number of fused-ring (bicyclic) bond motifs is 1. The zero-order valence-corrected chi connectivity index (χ0v) is 8.41. The highest BCUT2D eigenvalue weighted by Gasteiger charge is 2.14. The fourth-order valence-electron chi connectivity index (χ4n) is 1.42. The predicted molar refractivity (Wildman–Crippen MR) is 55.9 cm³/mol. The maximum absolute atomic E-state index is 11.0. The lowest BCUT2D eigenvalue weighted by Crippen LogP contribution is -2.11. The van der Waals surface area contributed by atoms with E-state index >= 15 is 0 Å². The SMILES string of the molecule is NCC(O)c1cc(Cl)cc2[nH]c(=O)oc12. The summed E-state index contributed by atoms with van der Waals surface area (Å²) in [4.78, 5) is 13.4. The van der Waals surface area contributed by atoms with Gasteiger partial charge in [0.05, 0.1) is 11.6 Å². The molecule has 1 aromatic carbocycles. The Morgan fingerprint density at radius 1 is 1.60 bits per heavy atom. The number of hydrogen-bond acceptors (Lipinski definition) is 4. The number of nitrogens with two attached hydrogens (primary N) is 1. The van der Waals surface area contributed by atoms with Crippen molar-refractivity contribution in [2.24, 2.45) is 5.73 Å². The van der Waals surface area contributed by atoms with Crippen LogP contribution in [0.5, 0.6) is 0 Å². The summed E-state index contributed by atoms with van der Waals surface area (Å²) < 4.78 is 4.89. The van der Waals surface area contributed by atoms with Crippen LogP contribution < -0.4 is 11.5 Å². The van der Waals surface area contributed by atoms with Crippen molar-refractivity contribution >= 4 is 22.7 Å². The van der Waals surface area contributed by atoms with Crippen LogP contribution in [0.25, 0.3) is 11.1 Å². The number of aliphatic hydroxyl groups excluding tert-OH is 1. The summed E-state index contributed by atoms with van der Waals surface area (Å²) in [7, 11) is 0. The Morgan fingerprint density at radius 2 is 2.33 bits per heavy atom. The molecule has 4 N–H and O–H groups in total. The van der Waals surface area contributed by atoms with Crippen molar-refractivity contribution in [3.63, 3.8) is 0 Å². The van der Waals surface area contributed by atoms with Gasteiger partial charge in [-0.3, -0.25) is 4.98 Å². The smallest absolute Gasteiger partial charge is 0.407 e. The summed E-state index contributed by atoms with van der Waals surface area (Å²) >= 11 is 5.82. The van der Waals surface area contributed by atoms with E-state index in [1.807, 2.05) is 0 Å². The molecule has 2 aromatic rings. The molecular weight excluding hydrogens is 220 g/mol. The molecule has 0 aliphatic carbocycles. The molecule has 15 heavy (non-hydrogen) atoms. The van der Waals surface area contributed by atoms with Gasteiger partial charge in [0.25, 0.3) is 0 Å². The monoisotopic (exact) mass is 228 g/mol. The van der Waals surface area contributed by atoms with Gasteiger partial charge in [0.15, 0.2) is 5.58 Å². The second-order valence-corrected chi connectivity index (χ2v) is 3.57. The molecular formula is C9H9ClN2O3. The molecule has 1 atom stereocenters. The van der Waals surface area contributed by atoms with Crippen LogP contribution in [-0.4, -0.2) is 16.6 Å². The standard InChI is InChI=1S/C9H9ClN2O3/c10-4-1-5(7(13)3-11)8-6(2-4)12-9(14)15-8/h1-2,7,13H,3,11H2,(H,12,14). The van der Waals surface area contributed by atoms with E-state index < -0.39 is 11.9 Å². The van der Waals surface area contributed by atoms with E-state index in [0.717, 1.165) is 0 Å². The molecule has 0 radical (unpaired) electrons. The predicted octanol–water partition coefficient (Wildman–Crippen LogP) is 0.767. The van der Waals surface area contributed by atoms with Crippen LogP contribution in [0, 0.1) is 0 Å². The van der Waals surface area contributed by atoms with Crippen molar-refractivity contribution < 1.29 is 9.52 Å². The molecule has 6 heteroatoms. The van der Waals surface area contributed by atoms with E-state index in [1.54, 1.807) is 6.07 Å². The van der Waals surface area contributed by atoms with E-state index in [9.17, 15) is 9.90 Å². The van der Waals surface area contributed by atoms with Gasteiger partial charge < -0.3 is 15.3 Å². The number of aromatic nitrogens is 1. The third-order valence-corrected chi connectivity index (χ3v) is 2.31. The molecule has 0 bridgehead atoms. The fourth-order valence-corrected chi connectivity index (χ4v) is 1.65. The molecule has 1 heterocycles.